The summed E-state index contributed by atoms with van der Waals surface area (Å²) >= 11 is 0. The van der Waals surface area contributed by atoms with Crippen molar-refractivity contribution in [3.8, 4) is 0 Å². The lowest BCUT2D eigenvalue weighted by Gasteiger charge is -2.06. The second-order valence-corrected chi connectivity index (χ2v) is 4.01. The fourth-order valence-electron chi connectivity index (χ4n) is 1.73. The third kappa shape index (κ3) is 2.03. The van der Waals surface area contributed by atoms with E-state index in [9.17, 15) is 4.79 Å². The molecule has 0 atom stereocenters. The molecule has 0 aliphatic carbocycles. The fourth-order valence-corrected chi connectivity index (χ4v) is 1.73. The number of benzene rings is 2. The average Bonchev–Trinajstić information content (AvgIpc) is 2.32. The van der Waals surface area contributed by atoms with Crippen LogP contribution in [0.5, 0.6) is 0 Å². The Morgan fingerprint density at radius 3 is 2.31 bits per heavy atom. The monoisotopic (exact) mass is 210 g/mol. The van der Waals surface area contributed by atoms with Gasteiger partial charge in [0.05, 0.1) is 0 Å². The van der Waals surface area contributed by atoms with Crippen LogP contribution < -0.4 is 0 Å². The number of hydrogen-bond donors (Lipinski definition) is 0. The zero-order valence-corrected chi connectivity index (χ0v) is 9.53. The summed E-state index contributed by atoms with van der Waals surface area (Å²) in [5, 5.41) is 0. The number of carbonyl (C=O) groups excluding carboxylic acids is 1. The van der Waals surface area contributed by atoms with Crippen LogP contribution in [-0.4, -0.2) is 5.78 Å². The van der Waals surface area contributed by atoms with Gasteiger partial charge in [-0.15, -0.1) is 0 Å². The molecule has 80 valence electrons. The van der Waals surface area contributed by atoms with Crippen LogP contribution in [0.4, 0.5) is 0 Å². The van der Waals surface area contributed by atoms with Gasteiger partial charge >= 0.3 is 0 Å². The lowest BCUT2D eigenvalue weighted by molar-refractivity contribution is 0.103. The van der Waals surface area contributed by atoms with Crippen molar-refractivity contribution < 1.29 is 4.79 Å². The molecule has 0 heterocycles. The Balaban J connectivity index is 2.46. The lowest BCUT2D eigenvalue weighted by atomic mass is 9.97. The molecular formula is C15H14O. The van der Waals surface area contributed by atoms with Gasteiger partial charge < -0.3 is 0 Å². The Morgan fingerprint density at radius 1 is 0.938 bits per heavy atom. The summed E-state index contributed by atoms with van der Waals surface area (Å²) in [7, 11) is 0. The topological polar surface area (TPSA) is 17.1 Å². The van der Waals surface area contributed by atoms with E-state index in [2.05, 4.69) is 0 Å². The van der Waals surface area contributed by atoms with Crippen molar-refractivity contribution in [2.45, 2.75) is 13.8 Å². The van der Waals surface area contributed by atoms with Crippen LogP contribution in [0.3, 0.4) is 0 Å². The highest BCUT2D eigenvalue weighted by atomic mass is 16.1. The Hall–Kier alpha value is -1.89. The molecule has 0 spiro atoms. The van der Waals surface area contributed by atoms with Gasteiger partial charge in [-0.25, -0.2) is 0 Å². The number of carbonyl (C=O) groups is 1. The van der Waals surface area contributed by atoms with Gasteiger partial charge in [0.2, 0.25) is 0 Å². The molecule has 1 heteroatoms. The Kier molecular flexibility index (Phi) is 2.86. The summed E-state index contributed by atoms with van der Waals surface area (Å²) in [6.45, 7) is 3.97. The normalized spacial score (nSPS) is 10.1. The van der Waals surface area contributed by atoms with Crippen LogP contribution in [0.15, 0.2) is 48.5 Å². The van der Waals surface area contributed by atoms with E-state index in [1.165, 1.54) is 0 Å². The molecule has 0 N–H and O–H groups in total. The van der Waals surface area contributed by atoms with E-state index >= 15 is 0 Å². The summed E-state index contributed by atoms with van der Waals surface area (Å²) in [6, 6.07) is 15.4. The summed E-state index contributed by atoms with van der Waals surface area (Å²) in [5.41, 5.74) is 3.69. The molecule has 0 bridgehead atoms. The maximum atomic E-state index is 12.2. The van der Waals surface area contributed by atoms with Gasteiger partial charge in [-0.3, -0.25) is 4.79 Å². The van der Waals surface area contributed by atoms with Crippen molar-refractivity contribution in [2.24, 2.45) is 0 Å². The summed E-state index contributed by atoms with van der Waals surface area (Å²) < 4.78 is 0. The van der Waals surface area contributed by atoms with E-state index in [0.29, 0.717) is 0 Å². The molecule has 0 aliphatic heterocycles. The third-order valence-electron chi connectivity index (χ3n) is 2.67. The maximum absolute atomic E-state index is 12.2. The Morgan fingerprint density at radius 2 is 1.62 bits per heavy atom. The fraction of sp³-hybridized carbons (Fsp3) is 0.133. The van der Waals surface area contributed by atoms with Crippen LogP contribution in [0.2, 0.25) is 0 Å². The highest BCUT2D eigenvalue weighted by Crippen LogP contribution is 2.15. The van der Waals surface area contributed by atoms with Gasteiger partial charge in [0, 0.05) is 11.1 Å². The van der Waals surface area contributed by atoms with Crippen LogP contribution >= 0.6 is 0 Å². The first-order valence-electron chi connectivity index (χ1n) is 5.35. The molecule has 0 unspecified atom stereocenters. The van der Waals surface area contributed by atoms with E-state index in [-0.39, 0.29) is 5.78 Å². The molecule has 2 rings (SSSR count). The van der Waals surface area contributed by atoms with Gasteiger partial charge in [0.1, 0.15) is 0 Å². The van der Waals surface area contributed by atoms with Crippen molar-refractivity contribution in [1.82, 2.24) is 0 Å². The first-order valence-corrected chi connectivity index (χ1v) is 5.35. The zero-order chi connectivity index (χ0) is 11.5. The predicted octanol–water partition coefficient (Wildman–Crippen LogP) is 3.53. The molecule has 1 nitrogen and oxygen atoms in total. The van der Waals surface area contributed by atoms with E-state index < -0.39 is 0 Å². The molecule has 16 heavy (non-hydrogen) atoms. The number of hydrogen-bond acceptors (Lipinski definition) is 1. The average molecular weight is 210 g/mol. The summed E-state index contributed by atoms with van der Waals surface area (Å²) in [6.07, 6.45) is 0. The highest BCUT2D eigenvalue weighted by Gasteiger charge is 2.10. The maximum Gasteiger partial charge on any atom is 0.193 e. The van der Waals surface area contributed by atoms with E-state index in [0.717, 1.165) is 22.3 Å². The van der Waals surface area contributed by atoms with Crippen LogP contribution in [0.25, 0.3) is 0 Å². The quantitative estimate of drug-likeness (QED) is 0.693. The molecular weight excluding hydrogens is 196 g/mol. The standard InChI is InChI=1S/C15H14O/c1-11-8-9-12(2)14(10-11)15(16)13-6-4-3-5-7-13/h3-10H,1-2H3. The third-order valence-corrected chi connectivity index (χ3v) is 2.67. The SMILES string of the molecule is Cc1ccc(C)c(C(=O)c2ccccc2)c1. The van der Waals surface area contributed by atoms with Gasteiger partial charge in [-0.2, -0.15) is 0 Å². The van der Waals surface area contributed by atoms with E-state index in [1.807, 2.05) is 62.4 Å². The number of ketones is 1. The van der Waals surface area contributed by atoms with Gasteiger partial charge in [-0.1, -0.05) is 48.0 Å². The molecule has 0 amide bonds. The summed E-state index contributed by atoms with van der Waals surface area (Å²) in [5.74, 6) is 0.0989. The Bertz CT molecular complexity index is 512. The second-order valence-electron chi connectivity index (χ2n) is 4.01. The van der Waals surface area contributed by atoms with Crippen LogP contribution in [-0.2, 0) is 0 Å². The molecule has 2 aromatic rings. The minimum atomic E-state index is 0.0989. The van der Waals surface area contributed by atoms with E-state index in [1.54, 1.807) is 0 Å². The van der Waals surface area contributed by atoms with E-state index in [4.69, 9.17) is 0 Å². The first-order chi connectivity index (χ1) is 7.68. The molecule has 0 radical (unpaired) electrons. The Labute approximate surface area is 95.7 Å². The lowest BCUT2D eigenvalue weighted by Crippen LogP contribution is -2.03. The highest BCUT2D eigenvalue weighted by molar-refractivity contribution is 6.09. The van der Waals surface area contributed by atoms with Gasteiger partial charge in [-0.05, 0) is 25.5 Å². The second kappa shape index (κ2) is 4.31. The van der Waals surface area contributed by atoms with Crippen LogP contribution in [0, 0.1) is 13.8 Å². The molecule has 0 fully saturated rings. The zero-order valence-electron chi connectivity index (χ0n) is 9.53. The van der Waals surface area contributed by atoms with Crippen molar-refractivity contribution in [1.29, 1.82) is 0 Å². The van der Waals surface area contributed by atoms with Gasteiger partial charge in [0.15, 0.2) is 5.78 Å². The van der Waals surface area contributed by atoms with Crippen molar-refractivity contribution >= 4 is 5.78 Å². The van der Waals surface area contributed by atoms with Gasteiger partial charge in [0.25, 0.3) is 0 Å². The molecule has 0 saturated heterocycles. The summed E-state index contributed by atoms with van der Waals surface area (Å²) in [4.78, 5) is 12.2. The molecule has 2 aromatic carbocycles. The number of rotatable bonds is 2. The number of aryl methyl sites for hydroxylation is 2. The minimum absolute atomic E-state index is 0.0989. The van der Waals surface area contributed by atoms with Crippen LogP contribution in [0.1, 0.15) is 27.0 Å². The molecule has 0 aliphatic rings. The minimum Gasteiger partial charge on any atom is -0.289 e. The first kappa shape index (κ1) is 10.6. The van der Waals surface area contributed by atoms with Crippen molar-refractivity contribution in [3.63, 3.8) is 0 Å². The molecule has 0 saturated carbocycles. The largest absolute Gasteiger partial charge is 0.289 e. The van der Waals surface area contributed by atoms with Crippen molar-refractivity contribution in [3.05, 3.63) is 70.8 Å². The smallest absolute Gasteiger partial charge is 0.193 e. The predicted molar refractivity (Wildman–Crippen MR) is 65.8 cm³/mol. The van der Waals surface area contributed by atoms with Crippen molar-refractivity contribution in [2.75, 3.05) is 0 Å². The molecule has 0 aromatic heterocycles.